The number of piperazine rings is 1. The Balaban J connectivity index is 1.37. The summed E-state index contributed by atoms with van der Waals surface area (Å²) < 4.78 is 5.18. The molecule has 6 nitrogen and oxygen atoms in total. The minimum absolute atomic E-state index is 0.283. The maximum absolute atomic E-state index is 12.3. The molecule has 2 aromatic rings. The first-order chi connectivity index (χ1) is 12.7. The van der Waals surface area contributed by atoms with E-state index in [1.165, 1.54) is 6.42 Å². The molecule has 2 fully saturated rings. The third-order valence-corrected chi connectivity index (χ3v) is 5.41. The molecule has 1 aliphatic carbocycles. The largest absolute Gasteiger partial charge is 0.497 e. The molecule has 1 aromatic carbocycles. The van der Waals surface area contributed by atoms with E-state index in [4.69, 9.17) is 4.74 Å². The minimum Gasteiger partial charge on any atom is -0.497 e. The lowest BCUT2D eigenvalue weighted by atomic mass is 9.84. The molecule has 0 unspecified atom stereocenters. The number of aromatic nitrogens is 2. The van der Waals surface area contributed by atoms with Gasteiger partial charge in [-0.3, -0.25) is 4.79 Å². The maximum atomic E-state index is 12.3. The lowest BCUT2D eigenvalue weighted by Gasteiger charge is -2.38. The van der Waals surface area contributed by atoms with Gasteiger partial charge in [-0.15, -0.1) is 10.2 Å². The van der Waals surface area contributed by atoms with Gasteiger partial charge >= 0.3 is 0 Å². The summed E-state index contributed by atoms with van der Waals surface area (Å²) in [6.45, 7) is 3.18. The van der Waals surface area contributed by atoms with Crippen molar-refractivity contribution in [3.05, 3.63) is 36.4 Å². The maximum Gasteiger partial charge on any atom is 0.225 e. The van der Waals surface area contributed by atoms with Crippen molar-refractivity contribution in [3.8, 4) is 17.0 Å². The third-order valence-electron chi connectivity index (χ3n) is 5.41. The van der Waals surface area contributed by atoms with Crippen molar-refractivity contribution in [1.29, 1.82) is 0 Å². The van der Waals surface area contributed by atoms with Gasteiger partial charge in [0.1, 0.15) is 5.75 Å². The summed E-state index contributed by atoms with van der Waals surface area (Å²) in [4.78, 5) is 16.6. The van der Waals surface area contributed by atoms with Crippen LogP contribution in [0.15, 0.2) is 36.4 Å². The highest BCUT2D eigenvalue weighted by atomic mass is 16.5. The Morgan fingerprint density at radius 2 is 1.73 bits per heavy atom. The second-order valence-corrected chi connectivity index (χ2v) is 6.95. The summed E-state index contributed by atoms with van der Waals surface area (Å²) in [6, 6.07) is 11.8. The fourth-order valence-electron chi connectivity index (χ4n) is 3.48. The Morgan fingerprint density at radius 3 is 2.27 bits per heavy atom. The number of benzene rings is 1. The third kappa shape index (κ3) is 3.36. The zero-order chi connectivity index (χ0) is 17.9. The van der Waals surface area contributed by atoms with Crippen molar-refractivity contribution in [2.45, 2.75) is 19.3 Å². The van der Waals surface area contributed by atoms with Crippen LogP contribution in [0, 0.1) is 5.92 Å². The van der Waals surface area contributed by atoms with E-state index >= 15 is 0 Å². The monoisotopic (exact) mass is 352 g/mol. The van der Waals surface area contributed by atoms with Gasteiger partial charge in [0.2, 0.25) is 5.91 Å². The van der Waals surface area contributed by atoms with Crippen LogP contribution >= 0.6 is 0 Å². The molecule has 0 N–H and O–H groups in total. The van der Waals surface area contributed by atoms with Crippen LogP contribution < -0.4 is 9.64 Å². The highest BCUT2D eigenvalue weighted by Crippen LogP contribution is 2.29. The number of rotatable bonds is 4. The van der Waals surface area contributed by atoms with Crippen LogP contribution in [0.4, 0.5) is 5.82 Å². The first kappa shape index (κ1) is 16.8. The van der Waals surface area contributed by atoms with Crippen LogP contribution in [0.25, 0.3) is 11.3 Å². The highest BCUT2D eigenvalue weighted by molar-refractivity contribution is 5.79. The minimum atomic E-state index is 0.283. The molecule has 0 bridgehead atoms. The summed E-state index contributed by atoms with van der Waals surface area (Å²) in [5, 5.41) is 8.77. The van der Waals surface area contributed by atoms with E-state index in [9.17, 15) is 4.79 Å². The summed E-state index contributed by atoms with van der Waals surface area (Å²) in [5.41, 5.74) is 1.86. The summed E-state index contributed by atoms with van der Waals surface area (Å²) in [7, 11) is 1.66. The first-order valence-corrected chi connectivity index (χ1v) is 9.26. The number of anilines is 1. The molecule has 2 aliphatic rings. The summed E-state index contributed by atoms with van der Waals surface area (Å²) in [5.74, 6) is 2.33. The number of carbonyl (C=O) groups excluding carboxylic acids is 1. The van der Waals surface area contributed by atoms with Gasteiger partial charge in [0.15, 0.2) is 5.82 Å². The second kappa shape index (κ2) is 7.32. The topological polar surface area (TPSA) is 58.6 Å². The zero-order valence-electron chi connectivity index (χ0n) is 15.1. The van der Waals surface area contributed by atoms with E-state index in [1.54, 1.807) is 7.11 Å². The molecule has 2 heterocycles. The van der Waals surface area contributed by atoms with Crippen molar-refractivity contribution >= 4 is 11.7 Å². The smallest absolute Gasteiger partial charge is 0.225 e. The Morgan fingerprint density at radius 1 is 1.00 bits per heavy atom. The number of nitrogens with zero attached hydrogens (tertiary/aromatic N) is 4. The van der Waals surface area contributed by atoms with Gasteiger partial charge in [0.05, 0.1) is 12.8 Å². The van der Waals surface area contributed by atoms with Gasteiger partial charge in [-0.05, 0) is 49.2 Å². The van der Waals surface area contributed by atoms with E-state index in [0.29, 0.717) is 5.91 Å². The van der Waals surface area contributed by atoms with Gasteiger partial charge in [-0.1, -0.05) is 6.42 Å². The Hall–Kier alpha value is -2.63. The van der Waals surface area contributed by atoms with Crippen molar-refractivity contribution in [2.75, 3.05) is 38.2 Å². The quantitative estimate of drug-likeness (QED) is 0.846. The molecule has 1 aromatic heterocycles. The fraction of sp³-hybridized carbons (Fsp3) is 0.450. The summed E-state index contributed by atoms with van der Waals surface area (Å²) in [6.07, 6.45) is 3.33. The number of hydrogen-bond donors (Lipinski definition) is 0. The number of amides is 1. The second-order valence-electron chi connectivity index (χ2n) is 6.95. The lowest BCUT2D eigenvalue weighted by molar-refractivity contribution is -0.138. The molecule has 1 amide bonds. The van der Waals surface area contributed by atoms with Gasteiger partial charge in [-0.25, -0.2) is 0 Å². The van der Waals surface area contributed by atoms with Gasteiger partial charge in [-0.2, -0.15) is 0 Å². The molecular weight excluding hydrogens is 328 g/mol. The highest BCUT2D eigenvalue weighted by Gasteiger charge is 2.31. The Kier molecular flexibility index (Phi) is 4.73. The fourth-order valence-corrected chi connectivity index (χ4v) is 3.48. The van der Waals surface area contributed by atoms with Crippen molar-refractivity contribution in [3.63, 3.8) is 0 Å². The van der Waals surface area contributed by atoms with Crippen molar-refractivity contribution in [1.82, 2.24) is 15.1 Å². The van der Waals surface area contributed by atoms with Crippen LogP contribution in [-0.2, 0) is 4.79 Å². The molecule has 0 spiro atoms. The average Bonchev–Trinajstić information content (AvgIpc) is 2.67. The van der Waals surface area contributed by atoms with E-state index in [-0.39, 0.29) is 5.92 Å². The van der Waals surface area contributed by atoms with Crippen LogP contribution in [0.3, 0.4) is 0 Å². The standard InChI is InChI=1S/C20H24N4O2/c1-26-17-7-5-15(6-8-17)18-9-10-19(22-21-18)23-11-13-24(14-12-23)20(25)16-3-2-4-16/h5-10,16H,2-4,11-14H2,1H3. The van der Waals surface area contributed by atoms with Gasteiger partial charge < -0.3 is 14.5 Å². The molecule has 0 radical (unpaired) electrons. The molecule has 1 saturated heterocycles. The SMILES string of the molecule is COc1ccc(-c2ccc(N3CCN(C(=O)C4CCC4)CC3)nn2)cc1. The zero-order valence-corrected chi connectivity index (χ0v) is 15.1. The predicted molar refractivity (Wildman–Crippen MR) is 100 cm³/mol. The van der Waals surface area contributed by atoms with E-state index in [2.05, 4.69) is 15.1 Å². The number of ether oxygens (including phenoxy) is 1. The Labute approximate surface area is 153 Å². The lowest BCUT2D eigenvalue weighted by Crippen LogP contribution is -2.51. The van der Waals surface area contributed by atoms with E-state index < -0.39 is 0 Å². The van der Waals surface area contributed by atoms with Crippen LogP contribution in [0.2, 0.25) is 0 Å². The number of methoxy groups -OCH3 is 1. The van der Waals surface area contributed by atoms with Crippen LogP contribution in [0.5, 0.6) is 5.75 Å². The van der Waals surface area contributed by atoms with Crippen LogP contribution in [0.1, 0.15) is 19.3 Å². The van der Waals surface area contributed by atoms with Crippen molar-refractivity contribution < 1.29 is 9.53 Å². The predicted octanol–water partition coefficient (Wildman–Crippen LogP) is 2.60. The van der Waals surface area contributed by atoms with Gasteiger partial charge in [0, 0.05) is 37.7 Å². The molecule has 136 valence electrons. The van der Waals surface area contributed by atoms with Crippen LogP contribution in [-0.4, -0.2) is 54.3 Å². The van der Waals surface area contributed by atoms with Crippen molar-refractivity contribution in [2.24, 2.45) is 5.92 Å². The molecule has 26 heavy (non-hydrogen) atoms. The number of carbonyl (C=O) groups is 1. The molecule has 1 aliphatic heterocycles. The molecule has 6 heteroatoms. The Bertz CT molecular complexity index is 748. The van der Waals surface area contributed by atoms with Gasteiger partial charge in [0.25, 0.3) is 0 Å². The average molecular weight is 352 g/mol. The molecule has 0 atom stereocenters. The number of hydrogen-bond acceptors (Lipinski definition) is 5. The van der Waals surface area contributed by atoms with E-state index in [1.807, 2.05) is 41.3 Å². The van der Waals surface area contributed by atoms with E-state index in [0.717, 1.165) is 61.8 Å². The normalized spacial score (nSPS) is 17.7. The first-order valence-electron chi connectivity index (χ1n) is 9.26. The molecule has 1 saturated carbocycles. The summed E-state index contributed by atoms with van der Waals surface area (Å²) >= 11 is 0. The molecular formula is C20H24N4O2. The molecule has 4 rings (SSSR count).